The zero-order chi connectivity index (χ0) is 16.2. The van der Waals surface area contributed by atoms with E-state index in [-0.39, 0.29) is 30.5 Å². The van der Waals surface area contributed by atoms with Gasteiger partial charge in [0.25, 0.3) is 0 Å². The Labute approximate surface area is 138 Å². The Morgan fingerprint density at radius 3 is 2.17 bits per heavy atom. The summed E-state index contributed by atoms with van der Waals surface area (Å²) >= 11 is 0. The van der Waals surface area contributed by atoms with E-state index in [2.05, 4.69) is 0 Å². The van der Waals surface area contributed by atoms with Crippen molar-refractivity contribution in [1.29, 1.82) is 0 Å². The predicted octanol–water partition coefficient (Wildman–Crippen LogP) is 3.91. The monoisotopic (exact) mass is 347 g/mol. The maximum atomic E-state index is 12.5. The molecule has 0 amide bonds. The fraction of sp³-hybridized carbons (Fsp3) is 0.250. The third-order valence-electron chi connectivity index (χ3n) is 3.13. The molecule has 0 aliphatic rings. The number of halogens is 4. The maximum Gasteiger partial charge on any atom is 0.416 e. The molecule has 3 nitrogen and oxygen atoms in total. The van der Waals surface area contributed by atoms with Crippen molar-refractivity contribution in [3.05, 3.63) is 59.2 Å². The van der Waals surface area contributed by atoms with Crippen molar-refractivity contribution in [3.8, 4) is 11.5 Å². The number of benzene rings is 2. The number of hydrogen-bond donors (Lipinski definition) is 2. The second-order valence-electron chi connectivity index (χ2n) is 4.82. The quantitative estimate of drug-likeness (QED) is 0.862. The van der Waals surface area contributed by atoms with Crippen LogP contribution in [0, 0.1) is 0 Å². The molecule has 0 bridgehead atoms. The molecular formula is C16H17ClF3NO2. The van der Waals surface area contributed by atoms with Gasteiger partial charge in [-0.1, -0.05) is 18.2 Å². The number of hydrogen-bond acceptors (Lipinski definition) is 3. The van der Waals surface area contributed by atoms with Crippen LogP contribution in [-0.4, -0.2) is 11.7 Å². The summed E-state index contributed by atoms with van der Waals surface area (Å²) in [5.41, 5.74) is 6.26. The van der Waals surface area contributed by atoms with Gasteiger partial charge in [-0.2, -0.15) is 13.2 Å². The lowest BCUT2D eigenvalue weighted by molar-refractivity contribution is -0.137. The first-order chi connectivity index (χ1) is 10.4. The molecule has 0 radical (unpaired) electrons. The van der Waals surface area contributed by atoms with Crippen LogP contribution in [0.3, 0.4) is 0 Å². The minimum atomic E-state index is -4.35. The maximum absolute atomic E-state index is 12.5. The molecule has 0 heterocycles. The Hall–Kier alpha value is -1.92. The zero-order valence-electron chi connectivity index (χ0n) is 12.1. The average Bonchev–Trinajstić information content (AvgIpc) is 2.47. The van der Waals surface area contributed by atoms with Gasteiger partial charge in [0, 0.05) is 0 Å². The molecule has 0 aromatic heterocycles. The molecule has 7 heteroatoms. The molecule has 0 unspecified atom stereocenters. The third kappa shape index (κ3) is 5.33. The SMILES string of the molecule is Cl.NCCc1ccc(O)c(OCc2ccc(C(F)(F)F)cc2)c1. The van der Waals surface area contributed by atoms with Crippen LogP contribution >= 0.6 is 12.4 Å². The Kier molecular flexibility index (Phi) is 6.72. The van der Waals surface area contributed by atoms with E-state index in [0.717, 1.165) is 17.7 Å². The van der Waals surface area contributed by atoms with E-state index < -0.39 is 11.7 Å². The molecule has 0 atom stereocenters. The highest BCUT2D eigenvalue weighted by atomic mass is 35.5. The fourth-order valence-corrected chi connectivity index (χ4v) is 1.95. The van der Waals surface area contributed by atoms with Crippen LogP contribution in [0.5, 0.6) is 11.5 Å². The summed E-state index contributed by atoms with van der Waals surface area (Å²) in [5.74, 6) is 0.263. The van der Waals surface area contributed by atoms with E-state index in [1.54, 1.807) is 12.1 Å². The van der Waals surface area contributed by atoms with Crippen LogP contribution in [0.4, 0.5) is 13.2 Å². The van der Waals surface area contributed by atoms with E-state index in [1.807, 2.05) is 0 Å². The number of phenolic OH excluding ortho intramolecular Hbond substituents is 1. The second kappa shape index (κ2) is 8.08. The number of ether oxygens (including phenoxy) is 1. The van der Waals surface area contributed by atoms with Gasteiger partial charge >= 0.3 is 6.18 Å². The van der Waals surface area contributed by atoms with Crippen molar-refractivity contribution in [1.82, 2.24) is 0 Å². The highest BCUT2D eigenvalue weighted by Gasteiger charge is 2.29. The van der Waals surface area contributed by atoms with Crippen molar-refractivity contribution in [2.75, 3.05) is 6.54 Å². The lowest BCUT2D eigenvalue weighted by Crippen LogP contribution is -2.05. The molecule has 2 aromatic rings. The van der Waals surface area contributed by atoms with E-state index >= 15 is 0 Å². The lowest BCUT2D eigenvalue weighted by atomic mass is 10.1. The summed E-state index contributed by atoms with van der Waals surface area (Å²) < 4.78 is 42.9. The number of phenols is 1. The summed E-state index contributed by atoms with van der Waals surface area (Å²) in [6.07, 6.45) is -3.70. The zero-order valence-corrected chi connectivity index (χ0v) is 13.0. The molecule has 126 valence electrons. The number of alkyl halides is 3. The van der Waals surface area contributed by atoms with Gasteiger partial charge in [0.15, 0.2) is 11.5 Å². The molecule has 0 aliphatic heterocycles. The molecule has 0 fully saturated rings. The molecule has 0 aliphatic carbocycles. The summed E-state index contributed by atoms with van der Waals surface area (Å²) in [5, 5.41) is 9.73. The molecule has 2 rings (SSSR count). The summed E-state index contributed by atoms with van der Waals surface area (Å²) in [6, 6.07) is 9.63. The van der Waals surface area contributed by atoms with Crippen molar-refractivity contribution >= 4 is 12.4 Å². The van der Waals surface area contributed by atoms with Gasteiger partial charge in [0.05, 0.1) is 5.56 Å². The first-order valence-corrected chi connectivity index (χ1v) is 6.71. The van der Waals surface area contributed by atoms with E-state index in [9.17, 15) is 18.3 Å². The smallest absolute Gasteiger partial charge is 0.416 e. The van der Waals surface area contributed by atoms with Crippen molar-refractivity contribution < 1.29 is 23.0 Å². The summed E-state index contributed by atoms with van der Waals surface area (Å²) in [7, 11) is 0. The van der Waals surface area contributed by atoms with Gasteiger partial charge in [-0.15, -0.1) is 12.4 Å². The first-order valence-electron chi connectivity index (χ1n) is 6.71. The number of aromatic hydroxyl groups is 1. The minimum absolute atomic E-state index is 0. The largest absolute Gasteiger partial charge is 0.504 e. The standard InChI is InChI=1S/C16H16F3NO2.ClH/c17-16(18,19)13-4-1-12(2-5-13)10-22-15-9-11(7-8-20)3-6-14(15)21;/h1-6,9,21H,7-8,10,20H2;1H. The van der Waals surface area contributed by atoms with Crippen molar-refractivity contribution in [2.45, 2.75) is 19.2 Å². The Bertz CT molecular complexity index is 630. The van der Waals surface area contributed by atoms with E-state index in [4.69, 9.17) is 10.5 Å². The van der Waals surface area contributed by atoms with Gasteiger partial charge in [-0.25, -0.2) is 0 Å². The van der Waals surface area contributed by atoms with Gasteiger partial charge < -0.3 is 15.6 Å². The van der Waals surface area contributed by atoms with Crippen LogP contribution in [0.1, 0.15) is 16.7 Å². The molecule has 0 saturated heterocycles. The fourth-order valence-electron chi connectivity index (χ4n) is 1.95. The van der Waals surface area contributed by atoms with Crippen molar-refractivity contribution in [2.24, 2.45) is 5.73 Å². The van der Waals surface area contributed by atoms with Gasteiger partial charge in [-0.3, -0.25) is 0 Å². The molecule has 0 spiro atoms. The predicted molar refractivity (Wildman–Crippen MR) is 83.9 cm³/mol. The van der Waals surface area contributed by atoms with E-state index in [1.165, 1.54) is 18.2 Å². The molecule has 2 aromatic carbocycles. The lowest BCUT2D eigenvalue weighted by Gasteiger charge is -2.11. The molecular weight excluding hydrogens is 331 g/mol. The average molecular weight is 348 g/mol. The first kappa shape index (κ1) is 19.1. The van der Waals surface area contributed by atoms with Crippen molar-refractivity contribution in [3.63, 3.8) is 0 Å². The number of rotatable bonds is 5. The molecule has 0 saturated carbocycles. The van der Waals surface area contributed by atoms with Crippen LogP contribution in [-0.2, 0) is 19.2 Å². The summed E-state index contributed by atoms with van der Waals surface area (Å²) in [6.45, 7) is 0.543. The topological polar surface area (TPSA) is 55.5 Å². The Morgan fingerprint density at radius 1 is 1.00 bits per heavy atom. The van der Waals surface area contributed by atoms with Gasteiger partial charge in [0.2, 0.25) is 0 Å². The van der Waals surface area contributed by atoms with Crippen LogP contribution in [0.15, 0.2) is 42.5 Å². The Morgan fingerprint density at radius 2 is 1.61 bits per heavy atom. The highest BCUT2D eigenvalue weighted by Crippen LogP contribution is 2.30. The van der Waals surface area contributed by atoms with Crippen LogP contribution in [0.25, 0.3) is 0 Å². The second-order valence-corrected chi connectivity index (χ2v) is 4.82. The van der Waals surface area contributed by atoms with Crippen LogP contribution in [0.2, 0.25) is 0 Å². The minimum Gasteiger partial charge on any atom is -0.504 e. The highest BCUT2D eigenvalue weighted by molar-refractivity contribution is 5.85. The van der Waals surface area contributed by atoms with Gasteiger partial charge in [0.1, 0.15) is 6.61 Å². The molecule has 23 heavy (non-hydrogen) atoms. The molecule has 3 N–H and O–H groups in total. The number of nitrogens with two attached hydrogens (primary N) is 1. The Balaban J connectivity index is 0.00000264. The summed E-state index contributed by atoms with van der Waals surface area (Å²) in [4.78, 5) is 0. The van der Waals surface area contributed by atoms with Gasteiger partial charge in [-0.05, 0) is 48.4 Å². The van der Waals surface area contributed by atoms with E-state index in [0.29, 0.717) is 18.5 Å². The normalized spacial score (nSPS) is 11.0. The van der Waals surface area contributed by atoms with Crippen LogP contribution < -0.4 is 10.5 Å². The third-order valence-corrected chi connectivity index (χ3v) is 3.13.